The second-order valence-electron chi connectivity index (χ2n) is 11.1. The van der Waals surface area contributed by atoms with Gasteiger partial charge in [0.1, 0.15) is 0 Å². The van der Waals surface area contributed by atoms with Gasteiger partial charge in [-0.3, -0.25) is 0 Å². The minimum Gasteiger partial charge on any atom is -0.0651 e. The Morgan fingerprint density at radius 3 is 1.77 bits per heavy atom. The predicted octanol–water partition coefficient (Wildman–Crippen LogP) is 10.9. The molecule has 0 aliphatic carbocycles. The van der Waals surface area contributed by atoms with Crippen molar-refractivity contribution in [1.29, 1.82) is 0 Å². The van der Waals surface area contributed by atoms with Crippen LogP contribution in [0.4, 0.5) is 0 Å². The van der Waals surface area contributed by atoms with Gasteiger partial charge in [0.15, 0.2) is 0 Å². The summed E-state index contributed by atoms with van der Waals surface area (Å²) in [6.07, 6.45) is 3.25. The number of rotatable bonds is 8. The van der Waals surface area contributed by atoms with Crippen LogP contribution in [0.1, 0.15) is 59.6 Å². The van der Waals surface area contributed by atoms with E-state index in [0.29, 0.717) is 5.92 Å². The summed E-state index contributed by atoms with van der Waals surface area (Å²) in [5.74, 6) is 0.417. The Morgan fingerprint density at radius 1 is 0.513 bits per heavy atom. The molecule has 0 amide bonds. The van der Waals surface area contributed by atoms with Crippen LogP contribution < -0.4 is 0 Å². The lowest BCUT2D eigenvalue weighted by atomic mass is 9.84. The normalized spacial score (nSPS) is 11.9. The number of benzene rings is 5. The van der Waals surface area contributed by atoms with Gasteiger partial charge in [0.25, 0.3) is 0 Å². The standard InChI is InChI=1S/C39H40/c1-6-13-32-26-31(21-23-37(32)35-22-20-27(2)24-30(35)5)29(4)25-33-15-8-10-17-36(33)39-19-12-11-18-38(39)34-16-9-7-14-28(34)3/h7-12,14-24,26,29H,6,13,25H2,1-5H3. The molecule has 196 valence electrons. The van der Waals surface area contributed by atoms with E-state index >= 15 is 0 Å². The van der Waals surface area contributed by atoms with Crippen LogP contribution in [0.2, 0.25) is 0 Å². The fraction of sp³-hybridized carbons (Fsp3) is 0.231. The minimum atomic E-state index is 0.417. The number of hydrogen-bond acceptors (Lipinski definition) is 0. The van der Waals surface area contributed by atoms with Crippen LogP contribution in [0.5, 0.6) is 0 Å². The van der Waals surface area contributed by atoms with Gasteiger partial charge >= 0.3 is 0 Å². The first-order chi connectivity index (χ1) is 19.0. The van der Waals surface area contributed by atoms with Crippen LogP contribution in [0, 0.1) is 20.8 Å². The summed E-state index contributed by atoms with van der Waals surface area (Å²) in [5, 5.41) is 0. The second-order valence-corrected chi connectivity index (χ2v) is 11.1. The summed E-state index contributed by atoms with van der Waals surface area (Å²) >= 11 is 0. The molecule has 5 aromatic carbocycles. The second kappa shape index (κ2) is 11.9. The van der Waals surface area contributed by atoms with Gasteiger partial charge in [-0.05, 0) is 101 Å². The highest BCUT2D eigenvalue weighted by Crippen LogP contribution is 2.37. The molecule has 0 saturated heterocycles. The minimum absolute atomic E-state index is 0.417. The van der Waals surface area contributed by atoms with Crippen molar-refractivity contribution in [3.8, 4) is 33.4 Å². The van der Waals surface area contributed by atoms with E-state index < -0.39 is 0 Å². The van der Waals surface area contributed by atoms with Gasteiger partial charge in [0.2, 0.25) is 0 Å². The molecule has 0 bridgehead atoms. The van der Waals surface area contributed by atoms with E-state index in [0.717, 1.165) is 19.3 Å². The van der Waals surface area contributed by atoms with Gasteiger partial charge in [-0.15, -0.1) is 0 Å². The molecular formula is C39H40. The fourth-order valence-corrected chi connectivity index (χ4v) is 6.01. The lowest BCUT2D eigenvalue weighted by molar-refractivity contribution is 0.757. The molecule has 0 aromatic heterocycles. The first-order valence-electron chi connectivity index (χ1n) is 14.4. The van der Waals surface area contributed by atoms with Crippen molar-refractivity contribution in [2.45, 2.75) is 59.8 Å². The Hall–Kier alpha value is -3.90. The van der Waals surface area contributed by atoms with Crippen molar-refractivity contribution in [3.63, 3.8) is 0 Å². The van der Waals surface area contributed by atoms with E-state index in [1.165, 1.54) is 66.8 Å². The van der Waals surface area contributed by atoms with Crippen LogP contribution in [0.25, 0.3) is 33.4 Å². The van der Waals surface area contributed by atoms with E-state index in [9.17, 15) is 0 Å². The maximum atomic E-state index is 2.48. The predicted molar refractivity (Wildman–Crippen MR) is 170 cm³/mol. The zero-order chi connectivity index (χ0) is 27.4. The molecule has 1 atom stereocenters. The summed E-state index contributed by atoms with van der Waals surface area (Å²) in [5.41, 5.74) is 16.3. The Morgan fingerprint density at radius 2 is 1.08 bits per heavy atom. The molecule has 39 heavy (non-hydrogen) atoms. The monoisotopic (exact) mass is 508 g/mol. The molecule has 0 saturated carbocycles. The Labute approximate surface area is 235 Å². The van der Waals surface area contributed by atoms with E-state index in [-0.39, 0.29) is 0 Å². The van der Waals surface area contributed by atoms with Crippen molar-refractivity contribution >= 4 is 0 Å². The van der Waals surface area contributed by atoms with Gasteiger partial charge in [-0.2, -0.15) is 0 Å². The topological polar surface area (TPSA) is 0 Å². The van der Waals surface area contributed by atoms with E-state index in [1.807, 2.05) is 0 Å². The lowest BCUT2D eigenvalue weighted by Gasteiger charge is -2.20. The van der Waals surface area contributed by atoms with Crippen LogP contribution in [-0.2, 0) is 12.8 Å². The zero-order valence-electron chi connectivity index (χ0n) is 24.1. The molecule has 0 heterocycles. The molecule has 5 rings (SSSR count). The molecule has 0 spiro atoms. The van der Waals surface area contributed by atoms with Crippen molar-refractivity contribution < 1.29 is 0 Å². The highest BCUT2D eigenvalue weighted by Gasteiger charge is 2.16. The van der Waals surface area contributed by atoms with Crippen LogP contribution in [0.3, 0.4) is 0 Å². The average molecular weight is 509 g/mol. The summed E-state index contributed by atoms with van der Waals surface area (Å²) in [4.78, 5) is 0. The molecule has 1 unspecified atom stereocenters. The first kappa shape index (κ1) is 26.7. The Kier molecular flexibility index (Phi) is 8.13. The summed E-state index contributed by atoms with van der Waals surface area (Å²) < 4.78 is 0. The van der Waals surface area contributed by atoms with Crippen molar-refractivity contribution in [1.82, 2.24) is 0 Å². The highest BCUT2D eigenvalue weighted by molar-refractivity contribution is 5.86. The molecule has 0 heteroatoms. The summed E-state index contributed by atoms with van der Waals surface area (Å²) in [6, 6.07) is 40.6. The van der Waals surface area contributed by atoms with E-state index in [1.54, 1.807) is 0 Å². The highest BCUT2D eigenvalue weighted by atomic mass is 14.2. The number of aryl methyl sites for hydroxylation is 4. The molecule has 5 aromatic rings. The average Bonchev–Trinajstić information content (AvgIpc) is 2.94. The lowest BCUT2D eigenvalue weighted by Crippen LogP contribution is -2.03. The quantitative estimate of drug-likeness (QED) is 0.195. The van der Waals surface area contributed by atoms with Crippen molar-refractivity contribution in [3.05, 3.63) is 143 Å². The molecule has 0 N–H and O–H groups in total. The Bertz CT molecular complexity index is 1590. The Balaban J connectivity index is 1.50. The molecule has 0 nitrogen and oxygen atoms in total. The van der Waals surface area contributed by atoms with Crippen LogP contribution in [-0.4, -0.2) is 0 Å². The zero-order valence-corrected chi connectivity index (χ0v) is 24.1. The smallest absolute Gasteiger partial charge is 0.0103 e. The third kappa shape index (κ3) is 5.76. The van der Waals surface area contributed by atoms with Gasteiger partial charge in [-0.25, -0.2) is 0 Å². The van der Waals surface area contributed by atoms with E-state index in [2.05, 4.69) is 144 Å². The molecule has 0 aliphatic rings. The van der Waals surface area contributed by atoms with Gasteiger partial charge < -0.3 is 0 Å². The molecule has 0 radical (unpaired) electrons. The SMILES string of the molecule is CCCc1cc(C(C)Cc2ccccc2-c2ccccc2-c2ccccc2C)ccc1-c1ccc(C)cc1C. The number of hydrogen-bond donors (Lipinski definition) is 0. The van der Waals surface area contributed by atoms with Crippen LogP contribution >= 0.6 is 0 Å². The first-order valence-corrected chi connectivity index (χ1v) is 14.4. The summed E-state index contributed by atoms with van der Waals surface area (Å²) in [6.45, 7) is 11.3. The van der Waals surface area contributed by atoms with Crippen LogP contribution in [0.15, 0.2) is 109 Å². The maximum absolute atomic E-state index is 2.48. The molecule has 0 fully saturated rings. The van der Waals surface area contributed by atoms with Crippen molar-refractivity contribution in [2.75, 3.05) is 0 Å². The fourth-order valence-electron chi connectivity index (χ4n) is 6.01. The molecular weight excluding hydrogens is 468 g/mol. The van der Waals surface area contributed by atoms with Crippen molar-refractivity contribution in [2.24, 2.45) is 0 Å². The third-order valence-corrected chi connectivity index (χ3v) is 8.09. The third-order valence-electron chi connectivity index (χ3n) is 8.09. The maximum Gasteiger partial charge on any atom is -0.0103 e. The van der Waals surface area contributed by atoms with Gasteiger partial charge in [-0.1, -0.05) is 135 Å². The van der Waals surface area contributed by atoms with E-state index in [4.69, 9.17) is 0 Å². The largest absolute Gasteiger partial charge is 0.0651 e. The van der Waals surface area contributed by atoms with Gasteiger partial charge in [0.05, 0.1) is 0 Å². The summed E-state index contributed by atoms with van der Waals surface area (Å²) in [7, 11) is 0. The molecule has 0 aliphatic heterocycles. The van der Waals surface area contributed by atoms with Gasteiger partial charge in [0, 0.05) is 0 Å².